The largest absolute Gasteiger partial charge is 0.481 e. The van der Waals surface area contributed by atoms with Crippen LogP contribution in [0.3, 0.4) is 0 Å². The van der Waals surface area contributed by atoms with Crippen molar-refractivity contribution >= 4 is 23.6 Å². The first-order valence-corrected chi connectivity index (χ1v) is 6.36. The molecule has 0 saturated heterocycles. The van der Waals surface area contributed by atoms with Crippen molar-refractivity contribution in [3.8, 4) is 0 Å². The van der Waals surface area contributed by atoms with Gasteiger partial charge in [0.05, 0.1) is 6.42 Å². The van der Waals surface area contributed by atoms with Crippen LogP contribution in [0.5, 0.6) is 0 Å². The van der Waals surface area contributed by atoms with Gasteiger partial charge in [0.25, 0.3) is 0 Å². The first-order valence-electron chi connectivity index (χ1n) is 6.36. The number of nitrogens with two attached hydrogens (primary N) is 1. The molecule has 7 nitrogen and oxygen atoms in total. The standard InChI is InChI=1S/C14H19N3O4/c1-14(2,8-11(15)18)17-13(21)16-10-5-3-4-9(6-10)7-12(19)20/h3-6H,7-8H2,1-2H3,(H2,15,18)(H,19,20)(H2,16,17,21). The van der Waals surface area contributed by atoms with Gasteiger partial charge in [0.1, 0.15) is 0 Å². The number of carboxylic acid groups (broad SMARTS) is 1. The minimum atomic E-state index is -0.945. The number of carbonyl (C=O) groups is 3. The Balaban J connectivity index is 2.66. The first kappa shape index (κ1) is 16.5. The van der Waals surface area contributed by atoms with Gasteiger partial charge < -0.3 is 21.5 Å². The van der Waals surface area contributed by atoms with Gasteiger partial charge >= 0.3 is 12.0 Å². The quantitative estimate of drug-likeness (QED) is 0.627. The lowest BCUT2D eigenvalue weighted by molar-refractivity contribution is -0.136. The van der Waals surface area contributed by atoms with Gasteiger partial charge in [0, 0.05) is 17.6 Å². The van der Waals surface area contributed by atoms with Crippen molar-refractivity contribution in [2.24, 2.45) is 5.73 Å². The second-order valence-corrected chi connectivity index (χ2v) is 5.38. The number of amides is 3. The lowest BCUT2D eigenvalue weighted by atomic mass is 10.0. The van der Waals surface area contributed by atoms with Gasteiger partial charge in [-0.2, -0.15) is 0 Å². The molecular weight excluding hydrogens is 274 g/mol. The predicted octanol–water partition coefficient (Wildman–Crippen LogP) is 1.09. The van der Waals surface area contributed by atoms with E-state index in [1.807, 2.05) is 0 Å². The summed E-state index contributed by atoms with van der Waals surface area (Å²) in [6, 6.07) is 6.05. The van der Waals surface area contributed by atoms with Crippen molar-refractivity contribution in [2.45, 2.75) is 32.2 Å². The molecule has 0 fully saturated rings. The molecule has 0 unspecified atom stereocenters. The average Bonchev–Trinajstić information content (AvgIpc) is 2.24. The van der Waals surface area contributed by atoms with E-state index < -0.39 is 23.4 Å². The van der Waals surface area contributed by atoms with E-state index in [0.717, 1.165) is 0 Å². The molecule has 114 valence electrons. The number of benzene rings is 1. The molecule has 21 heavy (non-hydrogen) atoms. The third kappa shape index (κ3) is 6.42. The maximum Gasteiger partial charge on any atom is 0.319 e. The molecule has 0 radical (unpaired) electrons. The number of carbonyl (C=O) groups excluding carboxylic acids is 2. The van der Waals surface area contributed by atoms with Crippen LogP contribution in [0.1, 0.15) is 25.8 Å². The number of aliphatic carboxylic acids is 1. The normalized spacial score (nSPS) is 10.8. The molecule has 0 heterocycles. The SMILES string of the molecule is CC(C)(CC(N)=O)NC(=O)Nc1cccc(CC(=O)O)c1. The van der Waals surface area contributed by atoms with Crippen LogP contribution in [0, 0.1) is 0 Å². The summed E-state index contributed by atoms with van der Waals surface area (Å²) in [6.45, 7) is 3.36. The molecule has 1 aromatic rings. The Bertz CT molecular complexity index is 555. The van der Waals surface area contributed by atoms with Gasteiger partial charge in [-0.05, 0) is 31.5 Å². The summed E-state index contributed by atoms with van der Waals surface area (Å²) in [7, 11) is 0. The smallest absolute Gasteiger partial charge is 0.319 e. The van der Waals surface area contributed by atoms with E-state index >= 15 is 0 Å². The average molecular weight is 293 g/mol. The molecule has 7 heteroatoms. The van der Waals surface area contributed by atoms with E-state index in [1.165, 1.54) is 0 Å². The number of rotatable bonds is 6. The van der Waals surface area contributed by atoms with Crippen molar-refractivity contribution in [1.82, 2.24) is 5.32 Å². The second kappa shape index (κ2) is 6.74. The number of carboxylic acids is 1. The number of hydrogen-bond acceptors (Lipinski definition) is 3. The molecule has 0 bridgehead atoms. The summed E-state index contributed by atoms with van der Waals surface area (Å²) in [5.74, 6) is -1.46. The predicted molar refractivity (Wildman–Crippen MR) is 77.8 cm³/mol. The topological polar surface area (TPSA) is 122 Å². The molecule has 0 saturated carbocycles. The fraction of sp³-hybridized carbons (Fsp3) is 0.357. The monoisotopic (exact) mass is 293 g/mol. The Labute approximate surface area is 122 Å². The van der Waals surface area contributed by atoms with Crippen molar-refractivity contribution in [1.29, 1.82) is 0 Å². The van der Waals surface area contributed by atoms with E-state index in [9.17, 15) is 14.4 Å². The second-order valence-electron chi connectivity index (χ2n) is 5.38. The van der Waals surface area contributed by atoms with Crippen LogP contribution in [-0.4, -0.2) is 28.6 Å². The third-order valence-electron chi connectivity index (χ3n) is 2.61. The summed E-state index contributed by atoms with van der Waals surface area (Å²) < 4.78 is 0. The van der Waals surface area contributed by atoms with Crippen LogP contribution in [0.4, 0.5) is 10.5 Å². The molecule has 0 atom stereocenters. The van der Waals surface area contributed by atoms with Gasteiger partial charge in [0.2, 0.25) is 5.91 Å². The molecule has 0 aliphatic rings. The van der Waals surface area contributed by atoms with Gasteiger partial charge in [-0.15, -0.1) is 0 Å². The molecule has 0 aromatic heterocycles. The Kier molecular flexibility index (Phi) is 5.29. The number of urea groups is 1. The van der Waals surface area contributed by atoms with Crippen molar-refractivity contribution in [2.75, 3.05) is 5.32 Å². The van der Waals surface area contributed by atoms with E-state index in [4.69, 9.17) is 10.8 Å². The highest BCUT2D eigenvalue weighted by Gasteiger charge is 2.22. The van der Waals surface area contributed by atoms with E-state index in [1.54, 1.807) is 38.1 Å². The Morgan fingerprint density at radius 3 is 2.52 bits per heavy atom. The number of anilines is 1. The summed E-state index contributed by atoms with van der Waals surface area (Å²) in [4.78, 5) is 33.4. The van der Waals surface area contributed by atoms with Crippen LogP contribution < -0.4 is 16.4 Å². The molecule has 1 rings (SSSR count). The summed E-state index contributed by atoms with van der Waals surface area (Å²) in [5.41, 5.74) is 5.39. The Hall–Kier alpha value is -2.57. The lowest BCUT2D eigenvalue weighted by Gasteiger charge is -2.24. The summed E-state index contributed by atoms with van der Waals surface area (Å²) >= 11 is 0. The maximum atomic E-state index is 11.9. The minimum Gasteiger partial charge on any atom is -0.481 e. The van der Waals surface area contributed by atoms with Gasteiger partial charge in [0.15, 0.2) is 0 Å². The van der Waals surface area contributed by atoms with Crippen LogP contribution in [0.25, 0.3) is 0 Å². The summed E-state index contributed by atoms with van der Waals surface area (Å²) in [6.07, 6.45) is -0.107. The third-order valence-corrected chi connectivity index (χ3v) is 2.61. The highest BCUT2D eigenvalue weighted by molar-refractivity contribution is 5.90. The molecule has 5 N–H and O–H groups in total. The highest BCUT2D eigenvalue weighted by Crippen LogP contribution is 2.13. The number of primary amides is 1. The zero-order valence-electron chi connectivity index (χ0n) is 12.0. The fourth-order valence-electron chi connectivity index (χ4n) is 1.88. The highest BCUT2D eigenvalue weighted by atomic mass is 16.4. The van der Waals surface area contributed by atoms with E-state index in [2.05, 4.69) is 10.6 Å². The van der Waals surface area contributed by atoms with Crippen molar-refractivity contribution in [3.05, 3.63) is 29.8 Å². The molecule has 0 aliphatic heterocycles. The van der Waals surface area contributed by atoms with E-state index in [-0.39, 0.29) is 12.8 Å². The zero-order valence-corrected chi connectivity index (χ0v) is 12.0. The maximum absolute atomic E-state index is 11.9. The number of hydrogen-bond donors (Lipinski definition) is 4. The lowest BCUT2D eigenvalue weighted by Crippen LogP contribution is -2.47. The molecule has 3 amide bonds. The molecular formula is C14H19N3O4. The zero-order chi connectivity index (χ0) is 16.0. The van der Waals surface area contributed by atoms with E-state index in [0.29, 0.717) is 11.3 Å². The van der Waals surface area contributed by atoms with Crippen LogP contribution >= 0.6 is 0 Å². The van der Waals surface area contributed by atoms with Crippen molar-refractivity contribution in [3.63, 3.8) is 0 Å². The fourth-order valence-corrected chi connectivity index (χ4v) is 1.88. The van der Waals surface area contributed by atoms with Gasteiger partial charge in [-0.25, -0.2) is 4.79 Å². The summed E-state index contributed by atoms with van der Waals surface area (Å²) in [5, 5.41) is 14.0. The Morgan fingerprint density at radius 2 is 1.95 bits per heavy atom. The number of nitrogens with one attached hydrogen (secondary N) is 2. The van der Waals surface area contributed by atoms with Crippen LogP contribution in [-0.2, 0) is 16.0 Å². The first-order chi connectivity index (χ1) is 9.68. The molecule has 0 spiro atoms. The van der Waals surface area contributed by atoms with Crippen molar-refractivity contribution < 1.29 is 19.5 Å². The van der Waals surface area contributed by atoms with Gasteiger partial charge in [-0.3, -0.25) is 9.59 Å². The molecule has 0 aliphatic carbocycles. The van der Waals surface area contributed by atoms with Gasteiger partial charge in [-0.1, -0.05) is 12.1 Å². The minimum absolute atomic E-state index is 0.0134. The van der Waals surface area contributed by atoms with Crippen LogP contribution in [0.15, 0.2) is 24.3 Å². The Morgan fingerprint density at radius 1 is 1.29 bits per heavy atom. The van der Waals surface area contributed by atoms with Crippen LogP contribution in [0.2, 0.25) is 0 Å². The molecule has 1 aromatic carbocycles.